The first-order chi connectivity index (χ1) is 6.58. The van der Waals surface area contributed by atoms with Gasteiger partial charge in [0.2, 0.25) is 11.8 Å². The van der Waals surface area contributed by atoms with Crippen LogP contribution in [0.15, 0.2) is 0 Å². The minimum Gasteiger partial charge on any atom is -0.317 e. The van der Waals surface area contributed by atoms with E-state index in [1.165, 1.54) is 0 Å². The minimum atomic E-state index is -0.926. The van der Waals surface area contributed by atoms with Gasteiger partial charge in [0, 0.05) is 0 Å². The van der Waals surface area contributed by atoms with Gasteiger partial charge in [0.25, 0.3) is 0 Å². The fraction of sp³-hybridized carbons (Fsp3) is 0.800. The quantitative estimate of drug-likeness (QED) is 0.504. The van der Waals surface area contributed by atoms with Crippen LogP contribution in [0.1, 0.15) is 45.4 Å². The molecular formula is C10H18N2O2. The number of imide groups is 1. The zero-order valence-electron chi connectivity index (χ0n) is 8.64. The van der Waals surface area contributed by atoms with E-state index in [1.807, 2.05) is 0 Å². The average molecular weight is 198 g/mol. The normalized spacial score (nSPS) is 26.7. The first-order valence-corrected chi connectivity index (χ1v) is 5.21. The van der Waals surface area contributed by atoms with Gasteiger partial charge in [-0.25, -0.2) is 0 Å². The van der Waals surface area contributed by atoms with E-state index in [0.717, 1.165) is 25.7 Å². The Morgan fingerprint density at radius 2 is 2.07 bits per heavy atom. The van der Waals surface area contributed by atoms with Crippen LogP contribution in [0.5, 0.6) is 0 Å². The Morgan fingerprint density at radius 3 is 2.57 bits per heavy atom. The second-order valence-corrected chi connectivity index (χ2v) is 4.02. The zero-order valence-corrected chi connectivity index (χ0v) is 8.64. The van der Waals surface area contributed by atoms with E-state index in [-0.39, 0.29) is 18.2 Å². The Hall–Kier alpha value is -0.900. The van der Waals surface area contributed by atoms with Gasteiger partial charge in [0.1, 0.15) is 5.54 Å². The molecule has 2 amide bonds. The molecule has 4 nitrogen and oxygen atoms in total. The number of hydrogen-bond donors (Lipinski definition) is 2. The number of carbonyl (C=O) groups excluding carboxylic acids is 2. The molecule has 0 spiro atoms. The lowest BCUT2D eigenvalue weighted by atomic mass is 9.91. The summed E-state index contributed by atoms with van der Waals surface area (Å²) >= 11 is 0. The van der Waals surface area contributed by atoms with Gasteiger partial charge >= 0.3 is 0 Å². The van der Waals surface area contributed by atoms with Crippen LogP contribution in [0, 0.1) is 0 Å². The molecule has 0 aliphatic carbocycles. The molecule has 80 valence electrons. The van der Waals surface area contributed by atoms with Crippen molar-refractivity contribution in [2.45, 2.75) is 51.0 Å². The monoisotopic (exact) mass is 198 g/mol. The van der Waals surface area contributed by atoms with E-state index in [9.17, 15) is 9.59 Å². The van der Waals surface area contributed by atoms with Crippen LogP contribution in [0.4, 0.5) is 0 Å². The van der Waals surface area contributed by atoms with Crippen molar-refractivity contribution in [3.05, 3.63) is 0 Å². The lowest BCUT2D eigenvalue weighted by Gasteiger charge is -2.18. The topological polar surface area (TPSA) is 72.2 Å². The van der Waals surface area contributed by atoms with Crippen molar-refractivity contribution in [1.29, 1.82) is 0 Å². The summed E-state index contributed by atoms with van der Waals surface area (Å²) in [7, 11) is 0. The number of carbonyl (C=O) groups is 2. The molecule has 0 aromatic rings. The first-order valence-electron chi connectivity index (χ1n) is 5.21. The smallest absolute Gasteiger partial charge is 0.247 e. The Labute approximate surface area is 84.2 Å². The Kier molecular flexibility index (Phi) is 3.63. The molecule has 1 fully saturated rings. The molecule has 3 N–H and O–H groups in total. The molecular weight excluding hydrogens is 180 g/mol. The SMILES string of the molecule is CCCCCCC1(N)CC(=O)NC1=O. The molecule has 1 unspecified atom stereocenters. The maximum Gasteiger partial charge on any atom is 0.247 e. The van der Waals surface area contributed by atoms with E-state index < -0.39 is 5.54 Å². The van der Waals surface area contributed by atoms with Gasteiger partial charge in [-0.3, -0.25) is 14.9 Å². The van der Waals surface area contributed by atoms with Gasteiger partial charge < -0.3 is 5.73 Å². The van der Waals surface area contributed by atoms with Gasteiger partial charge in [0.05, 0.1) is 6.42 Å². The lowest BCUT2D eigenvalue weighted by Crippen LogP contribution is -2.46. The molecule has 1 heterocycles. The fourth-order valence-corrected chi connectivity index (χ4v) is 1.73. The number of amides is 2. The van der Waals surface area contributed by atoms with Crippen molar-refractivity contribution in [2.24, 2.45) is 5.73 Å². The van der Waals surface area contributed by atoms with Gasteiger partial charge in [0.15, 0.2) is 0 Å². The summed E-state index contributed by atoms with van der Waals surface area (Å²) in [6, 6.07) is 0. The summed E-state index contributed by atoms with van der Waals surface area (Å²) in [4.78, 5) is 22.3. The van der Waals surface area contributed by atoms with Crippen molar-refractivity contribution >= 4 is 11.8 Å². The van der Waals surface area contributed by atoms with E-state index in [4.69, 9.17) is 5.73 Å². The molecule has 0 saturated carbocycles. The van der Waals surface area contributed by atoms with Gasteiger partial charge in [-0.05, 0) is 6.42 Å². The number of unbranched alkanes of at least 4 members (excludes halogenated alkanes) is 3. The summed E-state index contributed by atoms with van der Waals surface area (Å²) in [6.07, 6.45) is 5.08. The largest absolute Gasteiger partial charge is 0.317 e. The third-order valence-electron chi connectivity index (χ3n) is 2.66. The summed E-state index contributed by atoms with van der Waals surface area (Å²) in [5, 5.41) is 2.25. The molecule has 1 aliphatic rings. The zero-order chi connectivity index (χ0) is 10.6. The van der Waals surface area contributed by atoms with Gasteiger partial charge in [-0.2, -0.15) is 0 Å². The summed E-state index contributed by atoms with van der Waals surface area (Å²) in [5.74, 6) is -0.549. The molecule has 0 aromatic heterocycles. The third-order valence-corrected chi connectivity index (χ3v) is 2.66. The van der Waals surface area contributed by atoms with E-state index >= 15 is 0 Å². The molecule has 0 radical (unpaired) electrons. The Balaban J connectivity index is 2.35. The standard InChI is InChI=1S/C10H18N2O2/c1-2-3-4-5-6-10(11)7-8(13)12-9(10)14/h2-7,11H2,1H3,(H,12,13,14). The lowest BCUT2D eigenvalue weighted by molar-refractivity contribution is -0.126. The van der Waals surface area contributed by atoms with Crippen LogP contribution >= 0.6 is 0 Å². The minimum absolute atomic E-state index is 0.151. The predicted octanol–water partition coefficient (Wildman–Crippen LogP) is 0.701. The van der Waals surface area contributed by atoms with E-state index in [1.54, 1.807) is 0 Å². The average Bonchev–Trinajstić information content (AvgIpc) is 2.36. The molecule has 1 aliphatic heterocycles. The van der Waals surface area contributed by atoms with Crippen LogP contribution in [0.25, 0.3) is 0 Å². The maximum absolute atomic E-state index is 11.3. The van der Waals surface area contributed by atoms with Gasteiger partial charge in [-0.15, -0.1) is 0 Å². The molecule has 4 heteroatoms. The molecule has 1 atom stereocenters. The van der Waals surface area contributed by atoms with Crippen molar-refractivity contribution in [3.8, 4) is 0 Å². The van der Waals surface area contributed by atoms with Crippen LogP contribution in [-0.2, 0) is 9.59 Å². The molecule has 0 aromatic carbocycles. The maximum atomic E-state index is 11.3. The Morgan fingerprint density at radius 1 is 1.36 bits per heavy atom. The summed E-state index contributed by atoms with van der Waals surface area (Å²) < 4.78 is 0. The van der Waals surface area contributed by atoms with Crippen LogP contribution < -0.4 is 11.1 Å². The van der Waals surface area contributed by atoms with Crippen molar-refractivity contribution in [3.63, 3.8) is 0 Å². The number of nitrogens with two attached hydrogens (primary N) is 1. The first kappa shape index (κ1) is 11.2. The predicted molar refractivity (Wildman–Crippen MR) is 53.4 cm³/mol. The highest BCUT2D eigenvalue weighted by atomic mass is 16.2. The number of hydrogen-bond acceptors (Lipinski definition) is 3. The molecule has 0 bridgehead atoms. The van der Waals surface area contributed by atoms with Crippen molar-refractivity contribution in [1.82, 2.24) is 5.32 Å². The van der Waals surface area contributed by atoms with E-state index in [0.29, 0.717) is 6.42 Å². The number of nitrogens with one attached hydrogen (secondary N) is 1. The highest BCUT2D eigenvalue weighted by Crippen LogP contribution is 2.21. The molecule has 14 heavy (non-hydrogen) atoms. The highest BCUT2D eigenvalue weighted by molar-refractivity contribution is 6.08. The third kappa shape index (κ3) is 2.54. The van der Waals surface area contributed by atoms with E-state index in [2.05, 4.69) is 12.2 Å². The molecule has 1 rings (SSSR count). The number of rotatable bonds is 5. The Bertz CT molecular complexity index is 240. The summed E-state index contributed by atoms with van der Waals surface area (Å²) in [5.41, 5.74) is 4.92. The molecule has 1 saturated heterocycles. The van der Waals surface area contributed by atoms with Crippen molar-refractivity contribution in [2.75, 3.05) is 0 Å². The summed E-state index contributed by atoms with van der Waals surface area (Å²) in [6.45, 7) is 2.13. The van der Waals surface area contributed by atoms with Crippen molar-refractivity contribution < 1.29 is 9.59 Å². The van der Waals surface area contributed by atoms with Crippen LogP contribution in [-0.4, -0.2) is 17.4 Å². The van der Waals surface area contributed by atoms with Crippen LogP contribution in [0.2, 0.25) is 0 Å². The highest BCUT2D eigenvalue weighted by Gasteiger charge is 2.42. The van der Waals surface area contributed by atoms with Gasteiger partial charge in [-0.1, -0.05) is 32.6 Å². The second kappa shape index (κ2) is 4.55. The fourth-order valence-electron chi connectivity index (χ4n) is 1.73. The van der Waals surface area contributed by atoms with Crippen LogP contribution in [0.3, 0.4) is 0 Å². The second-order valence-electron chi connectivity index (χ2n) is 4.02.